The minimum Gasteiger partial charge on any atom is -0.396 e. The molecule has 106 valence electrons. The van der Waals surface area contributed by atoms with Crippen LogP contribution in [-0.4, -0.2) is 28.2 Å². The van der Waals surface area contributed by atoms with Gasteiger partial charge in [-0.15, -0.1) is 0 Å². The lowest BCUT2D eigenvalue weighted by atomic mass is 9.74. The van der Waals surface area contributed by atoms with Crippen molar-refractivity contribution in [1.82, 2.24) is 9.97 Å². The molecule has 19 heavy (non-hydrogen) atoms. The van der Waals surface area contributed by atoms with Crippen LogP contribution in [0.2, 0.25) is 0 Å². The molecule has 0 aliphatic heterocycles. The zero-order valence-corrected chi connectivity index (χ0v) is 10.8. The number of hydrazine groups is 1. The molecule has 1 heterocycles. The Kier molecular flexibility index (Phi) is 4.49. The standard InChI is InChI=1S/C12H20FN5O/c13-9-6-15-11(18-14)17-10(9)16-7-12(8-19)4-2-1-3-5-12/h6,19H,1-5,7-8,14H2,(H2,15,16,17,18). The molecule has 0 spiro atoms. The number of nitrogen functional groups attached to an aromatic ring is 1. The molecule has 0 amide bonds. The predicted molar refractivity (Wildman–Crippen MR) is 70.9 cm³/mol. The normalized spacial score (nSPS) is 18.1. The molecule has 0 bridgehead atoms. The molecule has 1 saturated carbocycles. The maximum atomic E-state index is 13.6. The average molecular weight is 269 g/mol. The lowest BCUT2D eigenvalue weighted by Gasteiger charge is -2.35. The van der Waals surface area contributed by atoms with E-state index in [1.807, 2.05) is 0 Å². The van der Waals surface area contributed by atoms with Crippen molar-refractivity contribution in [3.05, 3.63) is 12.0 Å². The summed E-state index contributed by atoms with van der Waals surface area (Å²) in [5.74, 6) is 4.94. The van der Waals surface area contributed by atoms with E-state index in [1.54, 1.807) is 0 Å². The van der Waals surface area contributed by atoms with E-state index in [-0.39, 0.29) is 23.8 Å². The maximum absolute atomic E-state index is 13.6. The number of aromatic nitrogens is 2. The second-order valence-electron chi connectivity index (χ2n) is 5.11. The van der Waals surface area contributed by atoms with Gasteiger partial charge in [-0.05, 0) is 12.8 Å². The van der Waals surface area contributed by atoms with Gasteiger partial charge >= 0.3 is 0 Å². The molecule has 0 saturated heterocycles. The maximum Gasteiger partial charge on any atom is 0.239 e. The highest BCUT2D eigenvalue weighted by Crippen LogP contribution is 2.36. The molecule has 1 fully saturated rings. The Bertz CT molecular complexity index is 423. The van der Waals surface area contributed by atoms with Gasteiger partial charge in [-0.25, -0.2) is 15.2 Å². The van der Waals surface area contributed by atoms with Crippen molar-refractivity contribution in [3.8, 4) is 0 Å². The molecule has 2 rings (SSSR count). The fraction of sp³-hybridized carbons (Fsp3) is 0.667. The Morgan fingerprint density at radius 2 is 2.11 bits per heavy atom. The SMILES string of the molecule is NNc1ncc(F)c(NCC2(CO)CCCCC2)n1. The van der Waals surface area contributed by atoms with Crippen LogP contribution in [0.3, 0.4) is 0 Å². The first-order chi connectivity index (χ1) is 9.19. The number of aliphatic hydroxyl groups is 1. The van der Waals surface area contributed by atoms with Crippen molar-refractivity contribution in [3.63, 3.8) is 0 Å². The second kappa shape index (κ2) is 6.12. The quantitative estimate of drug-likeness (QED) is 0.474. The molecular weight excluding hydrogens is 249 g/mol. The van der Waals surface area contributed by atoms with Crippen LogP contribution in [0.25, 0.3) is 0 Å². The van der Waals surface area contributed by atoms with Gasteiger partial charge < -0.3 is 10.4 Å². The number of nitrogens with one attached hydrogen (secondary N) is 2. The highest BCUT2D eigenvalue weighted by molar-refractivity contribution is 5.40. The molecule has 0 atom stereocenters. The zero-order chi connectivity index (χ0) is 13.7. The van der Waals surface area contributed by atoms with E-state index in [4.69, 9.17) is 5.84 Å². The number of rotatable bonds is 5. The van der Waals surface area contributed by atoms with Gasteiger partial charge in [-0.3, -0.25) is 5.43 Å². The summed E-state index contributed by atoms with van der Waals surface area (Å²) in [5.41, 5.74) is 2.10. The fourth-order valence-corrected chi connectivity index (χ4v) is 2.52. The molecule has 0 radical (unpaired) electrons. The first-order valence-electron chi connectivity index (χ1n) is 6.53. The van der Waals surface area contributed by atoms with E-state index < -0.39 is 5.82 Å². The summed E-state index contributed by atoms with van der Waals surface area (Å²) in [4.78, 5) is 7.60. The molecule has 0 aromatic carbocycles. The topological polar surface area (TPSA) is 96.1 Å². The smallest absolute Gasteiger partial charge is 0.239 e. The monoisotopic (exact) mass is 269 g/mol. The molecule has 7 heteroatoms. The van der Waals surface area contributed by atoms with E-state index in [1.165, 1.54) is 6.42 Å². The average Bonchev–Trinajstić information content (AvgIpc) is 2.47. The molecular formula is C12H20FN5O. The number of aliphatic hydroxyl groups excluding tert-OH is 1. The van der Waals surface area contributed by atoms with Crippen molar-refractivity contribution < 1.29 is 9.50 Å². The lowest BCUT2D eigenvalue weighted by molar-refractivity contribution is 0.0942. The van der Waals surface area contributed by atoms with Crippen molar-refractivity contribution in [2.45, 2.75) is 32.1 Å². The van der Waals surface area contributed by atoms with Crippen LogP contribution in [0.5, 0.6) is 0 Å². The van der Waals surface area contributed by atoms with Crippen LogP contribution in [-0.2, 0) is 0 Å². The van der Waals surface area contributed by atoms with Crippen LogP contribution < -0.4 is 16.6 Å². The Hall–Kier alpha value is -1.47. The van der Waals surface area contributed by atoms with Crippen LogP contribution in [0, 0.1) is 11.2 Å². The first-order valence-corrected chi connectivity index (χ1v) is 6.53. The third kappa shape index (κ3) is 3.30. The summed E-state index contributed by atoms with van der Waals surface area (Å²) in [6, 6.07) is 0. The summed E-state index contributed by atoms with van der Waals surface area (Å²) in [6.07, 6.45) is 6.37. The van der Waals surface area contributed by atoms with Gasteiger partial charge in [0.15, 0.2) is 11.6 Å². The van der Waals surface area contributed by atoms with Crippen LogP contribution in [0.1, 0.15) is 32.1 Å². The van der Waals surface area contributed by atoms with E-state index >= 15 is 0 Å². The fourth-order valence-electron chi connectivity index (χ4n) is 2.52. The van der Waals surface area contributed by atoms with Gasteiger partial charge in [0.05, 0.1) is 12.8 Å². The van der Waals surface area contributed by atoms with Gasteiger partial charge in [0.25, 0.3) is 0 Å². The largest absolute Gasteiger partial charge is 0.396 e. The van der Waals surface area contributed by atoms with E-state index in [0.29, 0.717) is 6.54 Å². The van der Waals surface area contributed by atoms with Crippen molar-refractivity contribution in [2.24, 2.45) is 11.3 Å². The third-order valence-electron chi connectivity index (χ3n) is 3.75. The number of anilines is 2. The first kappa shape index (κ1) is 14.0. The lowest BCUT2D eigenvalue weighted by Crippen LogP contribution is -2.36. The van der Waals surface area contributed by atoms with Crippen molar-refractivity contribution in [1.29, 1.82) is 0 Å². The summed E-state index contributed by atoms with van der Waals surface area (Å²) in [6.45, 7) is 0.607. The number of halogens is 1. The highest BCUT2D eigenvalue weighted by Gasteiger charge is 2.31. The molecule has 6 nitrogen and oxygen atoms in total. The van der Waals surface area contributed by atoms with Crippen molar-refractivity contribution >= 4 is 11.8 Å². The number of nitrogens with two attached hydrogens (primary N) is 1. The Balaban J connectivity index is 2.04. The van der Waals surface area contributed by atoms with E-state index in [0.717, 1.165) is 31.9 Å². The molecule has 0 unspecified atom stereocenters. The Morgan fingerprint density at radius 3 is 2.74 bits per heavy atom. The summed E-state index contributed by atoms with van der Waals surface area (Å²) >= 11 is 0. The van der Waals surface area contributed by atoms with Crippen LogP contribution in [0.15, 0.2) is 6.20 Å². The molecule has 1 aliphatic carbocycles. The molecule has 1 aromatic rings. The molecule has 1 aliphatic rings. The molecule has 5 N–H and O–H groups in total. The minimum absolute atomic E-state index is 0.106. The number of nitrogens with zero attached hydrogens (tertiary/aromatic N) is 2. The van der Waals surface area contributed by atoms with Crippen LogP contribution >= 0.6 is 0 Å². The summed E-state index contributed by atoms with van der Waals surface area (Å²) in [5, 5.41) is 12.6. The predicted octanol–water partition coefficient (Wildman–Crippen LogP) is 1.26. The Labute approximate surface area is 111 Å². The zero-order valence-electron chi connectivity index (χ0n) is 10.8. The summed E-state index contributed by atoms with van der Waals surface area (Å²) < 4.78 is 13.6. The molecule has 1 aromatic heterocycles. The second-order valence-corrected chi connectivity index (χ2v) is 5.11. The minimum atomic E-state index is -0.525. The van der Waals surface area contributed by atoms with Crippen molar-refractivity contribution in [2.75, 3.05) is 23.9 Å². The highest BCUT2D eigenvalue weighted by atomic mass is 19.1. The van der Waals surface area contributed by atoms with Gasteiger partial charge in [0.2, 0.25) is 5.95 Å². The van der Waals surface area contributed by atoms with Gasteiger partial charge in [-0.1, -0.05) is 19.3 Å². The number of hydrogen-bond acceptors (Lipinski definition) is 6. The summed E-state index contributed by atoms with van der Waals surface area (Å²) in [7, 11) is 0. The Morgan fingerprint density at radius 1 is 1.37 bits per heavy atom. The van der Waals surface area contributed by atoms with E-state index in [9.17, 15) is 9.50 Å². The third-order valence-corrected chi connectivity index (χ3v) is 3.75. The van der Waals surface area contributed by atoms with Crippen LogP contribution in [0.4, 0.5) is 16.2 Å². The van der Waals surface area contributed by atoms with Gasteiger partial charge in [-0.2, -0.15) is 4.98 Å². The van der Waals surface area contributed by atoms with Gasteiger partial charge in [0, 0.05) is 12.0 Å². The van der Waals surface area contributed by atoms with Gasteiger partial charge in [0.1, 0.15) is 0 Å². The number of hydrogen-bond donors (Lipinski definition) is 4. The van der Waals surface area contributed by atoms with E-state index in [2.05, 4.69) is 20.7 Å².